The number of nitrogens with two attached hydrogens (primary N) is 1. The lowest BCUT2D eigenvalue weighted by atomic mass is 10.1. The zero-order valence-electron chi connectivity index (χ0n) is 21.1. The van der Waals surface area contributed by atoms with Crippen LogP contribution in [0.4, 0.5) is 0 Å². The van der Waals surface area contributed by atoms with Crippen molar-refractivity contribution >= 4 is 35.4 Å². The maximum Gasteiger partial charge on any atom is 0.303 e. The van der Waals surface area contributed by atoms with Gasteiger partial charge in [0.2, 0.25) is 23.6 Å². The first-order chi connectivity index (χ1) is 16.3. The van der Waals surface area contributed by atoms with Gasteiger partial charge in [0, 0.05) is 6.42 Å². The molecule has 0 aromatic heterocycles. The van der Waals surface area contributed by atoms with Crippen molar-refractivity contribution in [1.29, 1.82) is 0 Å². The van der Waals surface area contributed by atoms with E-state index in [4.69, 9.17) is 10.8 Å². The molecule has 0 aliphatic carbocycles. The lowest BCUT2D eigenvalue weighted by Gasteiger charge is -2.23. The molecule has 13 heteroatoms. The van der Waals surface area contributed by atoms with Crippen molar-refractivity contribution in [2.24, 2.45) is 5.73 Å². The molecule has 0 fully saturated rings. The van der Waals surface area contributed by atoms with Crippen LogP contribution in [0.1, 0.15) is 59.8 Å². The van der Waals surface area contributed by atoms with E-state index in [0.717, 1.165) is 12.8 Å². The van der Waals surface area contributed by atoms with E-state index in [-0.39, 0.29) is 18.7 Å². The van der Waals surface area contributed by atoms with E-state index >= 15 is 0 Å². The van der Waals surface area contributed by atoms with Crippen LogP contribution < -0.4 is 32.3 Å². The molecule has 200 valence electrons. The molecule has 5 atom stereocenters. The molecule has 5 unspecified atom stereocenters. The molecule has 0 heterocycles. The van der Waals surface area contributed by atoms with E-state index < -0.39 is 59.7 Å². The van der Waals surface area contributed by atoms with Crippen molar-refractivity contribution in [2.45, 2.75) is 90.0 Å². The average molecular weight is 501 g/mol. The number of carboxylic acid groups (broad SMARTS) is 1. The van der Waals surface area contributed by atoms with Crippen molar-refractivity contribution in [3.05, 3.63) is 0 Å². The average Bonchev–Trinajstić information content (AvgIpc) is 2.78. The van der Waals surface area contributed by atoms with Gasteiger partial charge in [0.25, 0.3) is 0 Å². The molecule has 4 amide bonds. The number of aliphatic carboxylic acids is 1. The first-order valence-corrected chi connectivity index (χ1v) is 11.6. The van der Waals surface area contributed by atoms with E-state index in [0.29, 0.717) is 13.0 Å². The summed E-state index contributed by atoms with van der Waals surface area (Å²) in [6, 6.07) is -4.44. The minimum absolute atomic E-state index is 0.0748. The van der Waals surface area contributed by atoms with Crippen LogP contribution in [-0.2, 0) is 28.8 Å². The second-order valence-electron chi connectivity index (χ2n) is 8.42. The number of ketones is 1. The molecule has 0 rings (SSSR count). The van der Waals surface area contributed by atoms with Gasteiger partial charge in [-0.2, -0.15) is 0 Å². The number of nitrogens with one attached hydrogen (secondary N) is 5. The van der Waals surface area contributed by atoms with E-state index in [1.807, 2.05) is 0 Å². The fourth-order valence-corrected chi connectivity index (χ4v) is 3.03. The molecule has 0 spiro atoms. The van der Waals surface area contributed by atoms with Gasteiger partial charge < -0.3 is 37.4 Å². The summed E-state index contributed by atoms with van der Waals surface area (Å²) in [6.07, 6.45) is 1.72. The largest absolute Gasteiger partial charge is 0.481 e. The highest BCUT2D eigenvalue weighted by molar-refractivity contribution is 5.95. The van der Waals surface area contributed by atoms with Gasteiger partial charge in [-0.05, 0) is 60.5 Å². The first-order valence-electron chi connectivity index (χ1n) is 11.6. The number of carboxylic acids is 1. The summed E-state index contributed by atoms with van der Waals surface area (Å²) in [5.41, 5.74) is 5.46. The molecule has 13 nitrogen and oxygen atoms in total. The number of carbonyl (C=O) groups excluding carboxylic acids is 5. The predicted octanol–water partition coefficient (Wildman–Crippen LogP) is -1.84. The predicted molar refractivity (Wildman–Crippen MR) is 128 cm³/mol. The molecule has 0 radical (unpaired) electrons. The van der Waals surface area contributed by atoms with Crippen molar-refractivity contribution < 1.29 is 33.9 Å². The fraction of sp³-hybridized carbons (Fsp3) is 0.727. The molecule has 0 saturated carbocycles. The Balaban J connectivity index is 4.74. The standard InChI is InChI=1S/C22H40N6O7/c1-12(25-20(33)13(2)27-22(35)17(24-5)8-6-7-11-23)19(32)26-14(3)21(34)28-16(15(4)29)9-10-18(30)31/h12-14,16-17,24H,6-11,23H2,1-5H3,(H,25,33)(H,26,32)(H,27,35)(H,28,34)(H,30,31). The Bertz CT molecular complexity index is 761. The summed E-state index contributed by atoms with van der Waals surface area (Å²) in [5.74, 6) is -3.77. The van der Waals surface area contributed by atoms with Crippen LogP contribution in [0, 0.1) is 0 Å². The van der Waals surface area contributed by atoms with Crippen LogP contribution in [0.25, 0.3) is 0 Å². The Morgan fingerprint density at radius 2 is 1.17 bits per heavy atom. The number of likely N-dealkylation sites (N-methyl/N-ethyl adjacent to an activating group) is 1. The van der Waals surface area contributed by atoms with Gasteiger partial charge in [0.05, 0.1) is 12.1 Å². The first kappa shape index (κ1) is 31.9. The topological polar surface area (TPSA) is 209 Å². The van der Waals surface area contributed by atoms with Crippen LogP contribution in [0.2, 0.25) is 0 Å². The number of Topliss-reactive ketones (excluding diaryl/α,β-unsaturated/α-hetero) is 1. The molecular weight excluding hydrogens is 460 g/mol. The minimum Gasteiger partial charge on any atom is -0.481 e. The van der Waals surface area contributed by atoms with Gasteiger partial charge in [-0.1, -0.05) is 6.42 Å². The zero-order chi connectivity index (χ0) is 27.1. The Morgan fingerprint density at radius 3 is 1.57 bits per heavy atom. The van der Waals surface area contributed by atoms with Gasteiger partial charge in [-0.25, -0.2) is 0 Å². The fourth-order valence-electron chi connectivity index (χ4n) is 3.03. The van der Waals surface area contributed by atoms with E-state index in [1.54, 1.807) is 7.05 Å². The van der Waals surface area contributed by atoms with Gasteiger partial charge in [0.1, 0.15) is 18.1 Å². The van der Waals surface area contributed by atoms with Gasteiger partial charge in [-0.3, -0.25) is 28.8 Å². The molecule has 0 aromatic carbocycles. The highest BCUT2D eigenvalue weighted by Crippen LogP contribution is 2.02. The summed E-state index contributed by atoms with van der Waals surface area (Å²) < 4.78 is 0. The lowest BCUT2D eigenvalue weighted by Crippen LogP contribution is -2.56. The van der Waals surface area contributed by atoms with Crippen LogP contribution in [0.5, 0.6) is 0 Å². The molecule has 35 heavy (non-hydrogen) atoms. The van der Waals surface area contributed by atoms with Gasteiger partial charge in [-0.15, -0.1) is 0 Å². The summed E-state index contributed by atoms with van der Waals surface area (Å²) in [5, 5.41) is 21.6. The number of hydrogen-bond donors (Lipinski definition) is 7. The number of hydrogen-bond acceptors (Lipinski definition) is 8. The summed E-state index contributed by atoms with van der Waals surface area (Å²) in [4.78, 5) is 71.9. The molecule has 0 bridgehead atoms. The Hall–Kier alpha value is -3.06. The van der Waals surface area contributed by atoms with E-state index in [1.165, 1.54) is 27.7 Å². The van der Waals surface area contributed by atoms with Crippen molar-refractivity contribution in [2.75, 3.05) is 13.6 Å². The van der Waals surface area contributed by atoms with Crippen LogP contribution >= 0.6 is 0 Å². The lowest BCUT2D eigenvalue weighted by molar-refractivity contribution is -0.138. The second-order valence-corrected chi connectivity index (χ2v) is 8.42. The third-order valence-electron chi connectivity index (χ3n) is 5.32. The molecule has 0 saturated heterocycles. The third-order valence-corrected chi connectivity index (χ3v) is 5.32. The maximum absolute atomic E-state index is 12.4. The van der Waals surface area contributed by atoms with Crippen molar-refractivity contribution in [3.8, 4) is 0 Å². The quantitative estimate of drug-likeness (QED) is 0.112. The van der Waals surface area contributed by atoms with Gasteiger partial charge in [0.15, 0.2) is 5.78 Å². The number of unbranched alkanes of at least 4 members (excludes halogenated alkanes) is 1. The number of carbonyl (C=O) groups is 6. The Labute approximate surface area is 205 Å². The van der Waals surface area contributed by atoms with Crippen LogP contribution in [-0.4, -0.2) is 84.3 Å². The monoisotopic (exact) mass is 500 g/mol. The van der Waals surface area contributed by atoms with Crippen molar-refractivity contribution in [1.82, 2.24) is 26.6 Å². The second kappa shape index (κ2) is 16.5. The Kier molecular flexibility index (Phi) is 15.1. The summed E-state index contributed by atoms with van der Waals surface area (Å²) in [7, 11) is 1.64. The Morgan fingerprint density at radius 1 is 0.714 bits per heavy atom. The molecule has 0 aromatic rings. The molecule has 0 aliphatic rings. The summed E-state index contributed by atoms with van der Waals surface area (Å²) in [6.45, 7) is 6.05. The minimum atomic E-state index is -1.10. The zero-order valence-corrected chi connectivity index (χ0v) is 21.1. The third kappa shape index (κ3) is 12.8. The van der Waals surface area contributed by atoms with Gasteiger partial charge >= 0.3 is 5.97 Å². The molecule has 0 aliphatic heterocycles. The normalized spacial score (nSPS) is 15.0. The highest BCUT2D eigenvalue weighted by Gasteiger charge is 2.27. The van der Waals surface area contributed by atoms with E-state index in [9.17, 15) is 28.8 Å². The molecular formula is C22H40N6O7. The van der Waals surface area contributed by atoms with Crippen LogP contribution in [0.3, 0.4) is 0 Å². The number of amides is 4. The summed E-state index contributed by atoms with van der Waals surface area (Å²) >= 11 is 0. The molecule has 8 N–H and O–H groups in total. The SMILES string of the molecule is CNC(CCCCN)C(=O)NC(C)C(=O)NC(C)C(=O)NC(C)C(=O)NC(CCC(=O)O)C(C)=O. The van der Waals surface area contributed by atoms with E-state index in [2.05, 4.69) is 26.6 Å². The van der Waals surface area contributed by atoms with Crippen molar-refractivity contribution in [3.63, 3.8) is 0 Å². The number of rotatable bonds is 17. The van der Waals surface area contributed by atoms with Crippen LogP contribution in [0.15, 0.2) is 0 Å². The smallest absolute Gasteiger partial charge is 0.303 e. The maximum atomic E-state index is 12.4. The highest BCUT2D eigenvalue weighted by atomic mass is 16.4.